The number of ketones is 1. The van der Waals surface area contributed by atoms with Crippen LogP contribution in [-0.4, -0.2) is 10.7 Å². The summed E-state index contributed by atoms with van der Waals surface area (Å²) in [5, 5.41) is 11.6. The van der Waals surface area contributed by atoms with Gasteiger partial charge in [0.1, 0.15) is 22.9 Å². The van der Waals surface area contributed by atoms with Crippen LogP contribution in [0.4, 0.5) is 5.69 Å². The standard InChI is InChI=1S/C17H13NO5/c1-10(19)3-6-16-17(15-7-4-11(2)22-15)13-9-12(18(20)21)5-8-14(13)23-16/h3-9H,1-2H3/b6-3+. The zero-order chi connectivity index (χ0) is 16.6. The number of aryl methyl sites for hydroxylation is 1. The van der Waals surface area contributed by atoms with Crippen molar-refractivity contribution < 1.29 is 18.6 Å². The molecule has 0 saturated heterocycles. The average Bonchev–Trinajstić information content (AvgIpc) is 3.07. The van der Waals surface area contributed by atoms with Crippen molar-refractivity contribution in [1.29, 1.82) is 0 Å². The number of hydrogen-bond acceptors (Lipinski definition) is 5. The highest BCUT2D eigenvalue weighted by Gasteiger charge is 2.19. The van der Waals surface area contributed by atoms with Crippen molar-refractivity contribution in [2.75, 3.05) is 0 Å². The molecule has 0 spiro atoms. The molecule has 0 aliphatic heterocycles. The fourth-order valence-corrected chi connectivity index (χ4v) is 2.35. The number of fused-ring (bicyclic) bond motifs is 1. The van der Waals surface area contributed by atoms with Gasteiger partial charge in [-0.3, -0.25) is 14.9 Å². The fraction of sp³-hybridized carbons (Fsp3) is 0.118. The number of nitro groups is 1. The fourth-order valence-electron chi connectivity index (χ4n) is 2.35. The predicted molar refractivity (Wildman–Crippen MR) is 85.0 cm³/mol. The number of rotatable bonds is 4. The lowest BCUT2D eigenvalue weighted by Crippen LogP contribution is -1.86. The first-order valence-corrected chi connectivity index (χ1v) is 6.92. The molecule has 3 aromatic rings. The van der Waals surface area contributed by atoms with E-state index in [1.165, 1.54) is 31.2 Å². The number of non-ortho nitro benzene ring substituents is 1. The van der Waals surface area contributed by atoms with Crippen molar-refractivity contribution >= 4 is 28.5 Å². The number of furan rings is 2. The summed E-state index contributed by atoms with van der Waals surface area (Å²) in [4.78, 5) is 21.7. The normalized spacial score (nSPS) is 11.4. The molecular formula is C17H13NO5. The maximum Gasteiger partial charge on any atom is 0.270 e. The SMILES string of the molecule is CC(=O)/C=C/c1oc2ccc([N+](=O)[O-])cc2c1-c1ccc(C)o1. The zero-order valence-electron chi connectivity index (χ0n) is 12.5. The summed E-state index contributed by atoms with van der Waals surface area (Å²) in [6, 6.07) is 7.92. The van der Waals surface area contributed by atoms with Crippen LogP contribution in [0.2, 0.25) is 0 Å². The predicted octanol–water partition coefficient (Wildman–Crippen LogP) is 4.51. The van der Waals surface area contributed by atoms with E-state index in [2.05, 4.69) is 0 Å². The molecule has 0 saturated carbocycles. The van der Waals surface area contributed by atoms with Crippen LogP contribution in [0.25, 0.3) is 28.4 Å². The highest BCUT2D eigenvalue weighted by atomic mass is 16.6. The molecule has 0 N–H and O–H groups in total. The molecule has 0 aliphatic rings. The van der Waals surface area contributed by atoms with Gasteiger partial charge in [0.25, 0.3) is 5.69 Å². The molecule has 0 atom stereocenters. The molecule has 0 amide bonds. The molecule has 0 fully saturated rings. The summed E-state index contributed by atoms with van der Waals surface area (Å²) in [6.07, 6.45) is 2.92. The summed E-state index contributed by atoms with van der Waals surface area (Å²) in [6.45, 7) is 3.24. The van der Waals surface area contributed by atoms with Crippen molar-refractivity contribution in [3.63, 3.8) is 0 Å². The van der Waals surface area contributed by atoms with E-state index in [1.54, 1.807) is 25.1 Å². The quantitative estimate of drug-likeness (QED) is 0.402. The van der Waals surface area contributed by atoms with Gasteiger partial charge in [-0.1, -0.05) is 0 Å². The van der Waals surface area contributed by atoms with Crippen molar-refractivity contribution in [3.05, 3.63) is 58.0 Å². The second-order valence-corrected chi connectivity index (χ2v) is 5.13. The number of carbonyl (C=O) groups excluding carboxylic acids is 1. The van der Waals surface area contributed by atoms with Gasteiger partial charge in [-0.2, -0.15) is 0 Å². The van der Waals surface area contributed by atoms with E-state index in [-0.39, 0.29) is 11.5 Å². The van der Waals surface area contributed by atoms with E-state index in [9.17, 15) is 14.9 Å². The van der Waals surface area contributed by atoms with E-state index in [0.29, 0.717) is 33.8 Å². The van der Waals surface area contributed by atoms with Gasteiger partial charge < -0.3 is 8.83 Å². The van der Waals surface area contributed by atoms with E-state index in [4.69, 9.17) is 8.83 Å². The lowest BCUT2D eigenvalue weighted by atomic mass is 10.1. The Labute approximate surface area is 131 Å². The van der Waals surface area contributed by atoms with Crippen molar-refractivity contribution in [2.24, 2.45) is 0 Å². The number of nitro benzene ring substituents is 1. The molecule has 2 heterocycles. The summed E-state index contributed by atoms with van der Waals surface area (Å²) in [7, 11) is 0. The lowest BCUT2D eigenvalue weighted by molar-refractivity contribution is -0.384. The maximum atomic E-state index is 11.2. The Morgan fingerprint density at radius 3 is 2.61 bits per heavy atom. The van der Waals surface area contributed by atoms with Gasteiger partial charge in [-0.25, -0.2) is 0 Å². The van der Waals surface area contributed by atoms with Crippen molar-refractivity contribution in [2.45, 2.75) is 13.8 Å². The first-order valence-electron chi connectivity index (χ1n) is 6.92. The van der Waals surface area contributed by atoms with Crippen LogP contribution in [0, 0.1) is 17.0 Å². The van der Waals surface area contributed by atoms with E-state index in [0.717, 1.165) is 0 Å². The molecular weight excluding hydrogens is 298 g/mol. The summed E-state index contributed by atoms with van der Waals surface area (Å²) >= 11 is 0. The molecule has 0 bridgehead atoms. The second kappa shape index (κ2) is 5.57. The maximum absolute atomic E-state index is 11.2. The number of hydrogen-bond donors (Lipinski definition) is 0. The number of nitrogens with zero attached hydrogens (tertiary/aromatic N) is 1. The Morgan fingerprint density at radius 1 is 1.22 bits per heavy atom. The number of benzene rings is 1. The Kier molecular flexibility index (Phi) is 3.57. The minimum atomic E-state index is -0.464. The first-order chi connectivity index (χ1) is 11.0. The third-order valence-electron chi connectivity index (χ3n) is 3.37. The molecule has 3 rings (SSSR count). The van der Waals surface area contributed by atoms with Gasteiger partial charge in [-0.05, 0) is 44.2 Å². The Hall–Kier alpha value is -3.15. The Balaban J connectivity index is 2.29. The van der Waals surface area contributed by atoms with Gasteiger partial charge in [0, 0.05) is 17.5 Å². The summed E-state index contributed by atoms with van der Waals surface area (Å²) in [5.74, 6) is 1.54. The Morgan fingerprint density at radius 2 is 2.00 bits per heavy atom. The molecule has 0 aliphatic carbocycles. The average molecular weight is 311 g/mol. The zero-order valence-corrected chi connectivity index (χ0v) is 12.5. The molecule has 0 radical (unpaired) electrons. The van der Waals surface area contributed by atoms with Crippen LogP contribution in [0.15, 0.2) is 45.2 Å². The minimum absolute atomic E-state index is 0.0371. The van der Waals surface area contributed by atoms with Crippen LogP contribution in [0.5, 0.6) is 0 Å². The number of allylic oxidation sites excluding steroid dienone is 1. The molecule has 6 nitrogen and oxygen atoms in total. The van der Waals surface area contributed by atoms with Crippen LogP contribution < -0.4 is 0 Å². The van der Waals surface area contributed by atoms with Gasteiger partial charge in [0.15, 0.2) is 5.78 Å². The van der Waals surface area contributed by atoms with E-state index >= 15 is 0 Å². The van der Waals surface area contributed by atoms with Crippen LogP contribution in [0.1, 0.15) is 18.4 Å². The largest absolute Gasteiger partial charge is 0.461 e. The second-order valence-electron chi connectivity index (χ2n) is 5.13. The van der Waals surface area contributed by atoms with Crippen LogP contribution in [-0.2, 0) is 4.79 Å². The molecule has 6 heteroatoms. The van der Waals surface area contributed by atoms with E-state index in [1.807, 2.05) is 0 Å². The van der Waals surface area contributed by atoms with E-state index < -0.39 is 4.92 Å². The molecule has 0 unspecified atom stereocenters. The number of carbonyl (C=O) groups is 1. The van der Waals surface area contributed by atoms with Gasteiger partial charge in [-0.15, -0.1) is 0 Å². The first kappa shape index (κ1) is 14.8. The van der Waals surface area contributed by atoms with Crippen LogP contribution in [0.3, 0.4) is 0 Å². The highest BCUT2D eigenvalue weighted by molar-refractivity contribution is 6.00. The monoisotopic (exact) mass is 311 g/mol. The third-order valence-corrected chi connectivity index (χ3v) is 3.37. The van der Waals surface area contributed by atoms with Gasteiger partial charge in [0.2, 0.25) is 0 Å². The molecule has 1 aromatic carbocycles. The Bertz CT molecular complexity index is 945. The third kappa shape index (κ3) is 2.78. The smallest absolute Gasteiger partial charge is 0.270 e. The minimum Gasteiger partial charge on any atom is -0.461 e. The molecule has 23 heavy (non-hydrogen) atoms. The van der Waals surface area contributed by atoms with Crippen LogP contribution >= 0.6 is 0 Å². The summed E-state index contributed by atoms with van der Waals surface area (Å²) < 4.78 is 11.4. The topological polar surface area (TPSA) is 86.5 Å². The lowest BCUT2D eigenvalue weighted by Gasteiger charge is -1.96. The van der Waals surface area contributed by atoms with Crippen molar-refractivity contribution in [3.8, 4) is 11.3 Å². The van der Waals surface area contributed by atoms with Gasteiger partial charge >= 0.3 is 0 Å². The van der Waals surface area contributed by atoms with Gasteiger partial charge in [0.05, 0.1) is 10.5 Å². The summed E-state index contributed by atoms with van der Waals surface area (Å²) in [5.41, 5.74) is 1.04. The highest BCUT2D eigenvalue weighted by Crippen LogP contribution is 2.38. The molecule has 116 valence electrons. The van der Waals surface area contributed by atoms with Crippen molar-refractivity contribution in [1.82, 2.24) is 0 Å². The molecule has 2 aromatic heterocycles.